The Kier molecular flexibility index (Phi) is 7.28. The SMILES string of the molecule is CCNC(=O)C1(Cc2cc(-c3ccccc3)no2)CCCN(C(=O)CCC2CCCC2)C1. The Labute approximate surface area is 190 Å². The first kappa shape index (κ1) is 22.6. The molecular formula is C26H35N3O3. The smallest absolute Gasteiger partial charge is 0.228 e. The number of hydrogen-bond donors (Lipinski definition) is 1. The third-order valence-electron chi connectivity index (χ3n) is 7.13. The van der Waals surface area contributed by atoms with Crippen molar-refractivity contribution in [1.82, 2.24) is 15.4 Å². The molecule has 32 heavy (non-hydrogen) atoms. The van der Waals surface area contributed by atoms with Crippen LogP contribution in [0.15, 0.2) is 40.9 Å². The molecule has 1 N–H and O–H groups in total. The van der Waals surface area contributed by atoms with Crippen molar-refractivity contribution in [1.29, 1.82) is 0 Å². The monoisotopic (exact) mass is 437 g/mol. The molecule has 0 spiro atoms. The number of carbonyl (C=O) groups is 2. The summed E-state index contributed by atoms with van der Waals surface area (Å²) in [5.41, 5.74) is 1.08. The Balaban J connectivity index is 1.47. The summed E-state index contributed by atoms with van der Waals surface area (Å²) < 4.78 is 5.65. The minimum absolute atomic E-state index is 0.00551. The first-order chi connectivity index (χ1) is 15.6. The standard InChI is InChI=1S/C26H35N3O3/c1-2-27-25(31)26(18-22-17-23(28-32-22)21-11-4-3-5-12-21)15-8-16-29(19-26)24(30)14-13-20-9-6-7-10-20/h3-5,11-12,17,20H,2,6-10,13-16,18-19H2,1H3,(H,27,31). The van der Waals surface area contributed by atoms with E-state index in [1.807, 2.05) is 48.2 Å². The van der Waals surface area contributed by atoms with E-state index >= 15 is 0 Å². The fourth-order valence-electron chi connectivity index (χ4n) is 5.36. The number of piperidine rings is 1. The molecule has 0 radical (unpaired) electrons. The number of nitrogens with one attached hydrogen (secondary N) is 1. The van der Waals surface area contributed by atoms with E-state index in [9.17, 15) is 9.59 Å². The molecule has 1 unspecified atom stereocenters. The van der Waals surface area contributed by atoms with Gasteiger partial charge in [-0.3, -0.25) is 9.59 Å². The van der Waals surface area contributed by atoms with Gasteiger partial charge in [0, 0.05) is 44.1 Å². The number of carbonyl (C=O) groups excluding carboxylic acids is 2. The number of likely N-dealkylation sites (tertiary alicyclic amines) is 1. The van der Waals surface area contributed by atoms with E-state index in [1.54, 1.807) is 0 Å². The molecule has 6 nitrogen and oxygen atoms in total. The predicted molar refractivity (Wildman–Crippen MR) is 124 cm³/mol. The van der Waals surface area contributed by atoms with Crippen molar-refractivity contribution in [3.8, 4) is 11.3 Å². The zero-order valence-corrected chi connectivity index (χ0v) is 19.1. The van der Waals surface area contributed by atoms with Gasteiger partial charge in [0.05, 0.1) is 5.41 Å². The summed E-state index contributed by atoms with van der Waals surface area (Å²) in [5.74, 6) is 1.58. The molecule has 172 valence electrons. The second-order valence-corrected chi connectivity index (χ2v) is 9.47. The summed E-state index contributed by atoms with van der Waals surface area (Å²) >= 11 is 0. The predicted octanol–water partition coefficient (Wildman–Crippen LogP) is 4.60. The van der Waals surface area contributed by atoms with Gasteiger partial charge in [-0.25, -0.2) is 0 Å². The number of benzene rings is 1. The highest BCUT2D eigenvalue weighted by molar-refractivity contribution is 5.85. The van der Waals surface area contributed by atoms with E-state index in [0.29, 0.717) is 37.6 Å². The quantitative estimate of drug-likeness (QED) is 0.655. The van der Waals surface area contributed by atoms with Crippen molar-refractivity contribution in [3.63, 3.8) is 0 Å². The van der Waals surface area contributed by atoms with Crippen molar-refractivity contribution in [3.05, 3.63) is 42.2 Å². The molecule has 1 saturated heterocycles. The molecule has 2 fully saturated rings. The topological polar surface area (TPSA) is 75.4 Å². The van der Waals surface area contributed by atoms with Crippen molar-refractivity contribution in [2.24, 2.45) is 11.3 Å². The maximum atomic E-state index is 13.2. The van der Waals surface area contributed by atoms with Crippen LogP contribution >= 0.6 is 0 Å². The molecule has 1 atom stereocenters. The largest absolute Gasteiger partial charge is 0.361 e. The van der Waals surface area contributed by atoms with E-state index in [2.05, 4.69) is 10.5 Å². The van der Waals surface area contributed by atoms with E-state index in [-0.39, 0.29) is 11.8 Å². The molecule has 0 bridgehead atoms. The van der Waals surface area contributed by atoms with E-state index < -0.39 is 5.41 Å². The summed E-state index contributed by atoms with van der Waals surface area (Å²) in [5, 5.41) is 7.24. The van der Waals surface area contributed by atoms with Gasteiger partial charge in [0.1, 0.15) is 11.5 Å². The van der Waals surface area contributed by atoms with E-state index in [0.717, 1.165) is 37.1 Å². The van der Waals surface area contributed by atoms with Gasteiger partial charge in [-0.1, -0.05) is 61.2 Å². The number of amides is 2. The zero-order valence-electron chi connectivity index (χ0n) is 19.1. The fraction of sp³-hybridized carbons (Fsp3) is 0.577. The van der Waals surface area contributed by atoms with Crippen molar-refractivity contribution >= 4 is 11.8 Å². The fourth-order valence-corrected chi connectivity index (χ4v) is 5.36. The van der Waals surface area contributed by atoms with E-state index in [1.165, 1.54) is 25.7 Å². The second-order valence-electron chi connectivity index (χ2n) is 9.47. The normalized spacial score (nSPS) is 21.6. The molecule has 1 aromatic heterocycles. The Morgan fingerprint density at radius 1 is 1.19 bits per heavy atom. The first-order valence-corrected chi connectivity index (χ1v) is 12.2. The maximum absolute atomic E-state index is 13.2. The lowest BCUT2D eigenvalue weighted by molar-refractivity contribution is -0.142. The van der Waals surface area contributed by atoms with Gasteiger partial charge in [-0.05, 0) is 32.1 Å². The molecule has 2 aliphatic rings. The Morgan fingerprint density at radius 3 is 2.72 bits per heavy atom. The zero-order chi connectivity index (χ0) is 22.4. The van der Waals surface area contributed by atoms with Crippen LogP contribution in [0.1, 0.15) is 64.1 Å². The lowest BCUT2D eigenvalue weighted by Gasteiger charge is -2.41. The van der Waals surface area contributed by atoms with Crippen LogP contribution < -0.4 is 5.32 Å². The third-order valence-corrected chi connectivity index (χ3v) is 7.13. The van der Waals surface area contributed by atoms with Crippen LogP contribution in [0.3, 0.4) is 0 Å². The van der Waals surface area contributed by atoms with Gasteiger partial charge in [-0.2, -0.15) is 0 Å². The minimum atomic E-state index is -0.676. The summed E-state index contributed by atoms with van der Waals surface area (Å²) in [6.07, 6.45) is 8.69. The van der Waals surface area contributed by atoms with Gasteiger partial charge in [-0.15, -0.1) is 0 Å². The summed E-state index contributed by atoms with van der Waals surface area (Å²) in [6.45, 7) is 3.68. The van der Waals surface area contributed by atoms with Gasteiger partial charge in [0.25, 0.3) is 0 Å². The molecule has 2 amide bonds. The molecule has 1 aliphatic heterocycles. The van der Waals surface area contributed by atoms with Crippen LogP contribution in [0, 0.1) is 11.3 Å². The Hall–Kier alpha value is -2.63. The molecule has 1 aromatic carbocycles. The van der Waals surface area contributed by atoms with Crippen LogP contribution in [-0.2, 0) is 16.0 Å². The summed E-state index contributed by atoms with van der Waals surface area (Å²) in [6, 6.07) is 11.8. The van der Waals surface area contributed by atoms with Gasteiger partial charge < -0.3 is 14.7 Å². The van der Waals surface area contributed by atoms with Gasteiger partial charge in [0.2, 0.25) is 11.8 Å². The highest BCUT2D eigenvalue weighted by Crippen LogP contribution is 2.36. The van der Waals surface area contributed by atoms with Crippen molar-refractivity contribution < 1.29 is 14.1 Å². The lowest BCUT2D eigenvalue weighted by Crippen LogP contribution is -2.54. The molecule has 2 heterocycles. The van der Waals surface area contributed by atoms with Gasteiger partial charge in [0.15, 0.2) is 0 Å². The van der Waals surface area contributed by atoms with Gasteiger partial charge >= 0.3 is 0 Å². The van der Waals surface area contributed by atoms with Crippen molar-refractivity contribution in [2.75, 3.05) is 19.6 Å². The highest BCUT2D eigenvalue weighted by atomic mass is 16.5. The number of rotatable bonds is 8. The molecule has 1 saturated carbocycles. The Bertz CT molecular complexity index is 904. The van der Waals surface area contributed by atoms with Crippen molar-refractivity contribution in [2.45, 2.75) is 64.7 Å². The van der Waals surface area contributed by atoms with E-state index in [4.69, 9.17) is 4.52 Å². The number of nitrogens with zero attached hydrogens (tertiary/aromatic N) is 2. The number of aromatic nitrogens is 1. The minimum Gasteiger partial charge on any atom is -0.361 e. The average Bonchev–Trinajstić information content (AvgIpc) is 3.51. The van der Waals surface area contributed by atoms with Crippen LogP contribution in [0.25, 0.3) is 11.3 Å². The third kappa shape index (κ3) is 5.22. The molecule has 1 aliphatic carbocycles. The molecule has 6 heteroatoms. The number of hydrogen-bond acceptors (Lipinski definition) is 4. The van der Waals surface area contributed by atoms with Crippen LogP contribution in [-0.4, -0.2) is 41.5 Å². The summed E-state index contributed by atoms with van der Waals surface area (Å²) in [4.78, 5) is 28.2. The summed E-state index contributed by atoms with van der Waals surface area (Å²) in [7, 11) is 0. The van der Waals surface area contributed by atoms with Crippen LogP contribution in [0.4, 0.5) is 0 Å². The molecular weight excluding hydrogens is 402 g/mol. The second kappa shape index (κ2) is 10.3. The van der Waals surface area contributed by atoms with Crippen LogP contribution in [0.2, 0.25) is 0 Å². The highest BCUT2D eigenvalue weighted by Gasteiger charge is 2.44. The first-order valence-electron chi connectivity index (χ1n) is 12.2. The maximum Gasteiger partial charge on any atom is 0.228 e. The van der Waals surface area contributed by atoms with Crippen LogP contribution in [0.5, 0.6) is 0 Å². The Morgan fingerprint density at radius 2 is 1.97 bits per heavy atom. The molecule has 2 aromatic rings. The average molecular weight is 438 g/mol. The molecule has 4 rings (SSSR count). The lowest BCUT2D eigenvalue weighted by atomic mass is 9.75.